The first-order valence-corrected chi connectivity index (χ1v) is 7.22. The standard InChI is InChI=1S/C15H23NS/c1-12(6-5-7-13(2)10-11-16)8-9-14-15(3,4)17-14/h6,10,14H,5,7-9H2,1-4H3. The van der Waals surface area contributed by atoms with E-state index in [-0.39, 0.29) is 0 Å². The number of hydrogen-bond acceptors (Lipinski definition) is 2. The van der Waals surface area contributed by atoms with Crippen LogP contribution in [0.15, 0.2) is 23.3 Å². The molecule has 94 valence electrons. The summed E-state index contributed by atoms with van der Waals surface area (Å²) < 4.78 is 0.534. The van der Waals surface area contributed by atoms with Crippen LogP contribution < -0.4 is 0 Å². The lowest BCUT2D eigenvalue weighted by Gasteiger charge is -2.02. The molecule has 1 fully saturated rings. The van der Waals surface area contributed by atoms with Crippen molar-refractivity contribution < 1.29 is 0 Å². The van der Waals surface area contributed by atoms with Gasteiger partial charge in [-0.15, -0.1) is 11.8 Å². The van der Waals surface area contributed by atoms with Gasteiger partial charge in [0.25, 0.3) is 0 Å². The van der Waals surface area contributed by atoms with Gasteiger partial charge in [-0.1, -0.05) is 17.2 Å². The minimum absolute atomic E-state index is 0.534. The number of nitriles is 1. The third kappa shape index (κ3) is 5.46. The maximum Gasteiger partial charge on any atom is 0.0911 e. The van der Waals surface area contributed by atoms with Crippen LogP contribution in [0.3, 0.4) is 0 Å². The zero-order valence-corrected chi connectivity index (χ0v) is 12.2. The van der Waals surface area contributed by atoms with E-state index in [2.05, 4.69) is 44.7 Å². The SMILES string of the molecule is CC(=CC#N)CCC=C(C)CCC1SC1(C)C. The van der Waals surface area contributed by atoms with E-state index in [9.17, 15) is 0 Å². The zero-order valence-electron chi connectivity index (χ0n) is 11.4. The summed E-state index contributed by atoms with van der Waals surface area (Å²) in [5, 5.41) is 9.37. The summed E-state index contributed by atoms with van der Waals surface area (Å²) in [6.45, 7) is 8.91. The van der Waals surface area contributed by atoms with Crippen molar-refractivity contribution in [1.82, 2.24) is 0 Å². The van der Waals surface area contributed by atoms with Gasteiger partial charge in [-0.05, 0) is 53.4 Å². The van der Waals surface area contributed by atoms with Gasteiger partial charge in [-0.3, -0.25) is 0 Å². The quantitative estimate of drug-likeness (QED) is 0.381. The summed E-state index contributed by atoms with van der Waals surface area (Å²) in [5.41, 5.74) is 2.67. The molecule has 0 radical (unpaired) electrons. The molecule has 1 saturated heterocycles. The van der Waals surface area contributed by atoms with Gasteiger partial charge in [0.15, 0.2) is 0 Å². The topological polar surface area (TPSA) is 23.8 Å². The van der Waals surface area contributed by atoms with Crippen molar-refractivity contribution in [3.8, 4) is 6.07 Å². The first-order valence-electron chi connectivity index (χ1n) is 6.34. The number of thioether (sulfide) groups is 1. The summed E-state index contributed by atoms with van der Waals surface area (Å²) in [4.78, 5) is 0. The molecule has 0 bridgehead atoms. The first-order chi connectivity index (χ1) is 7.95. The van der Waals surface area contributed by atoms with Gasteiger partial charge in [0.2, 0.25) is 0 Å². The molecule has 1 nitrogen and oxygen atoms in total. The van der Waals surface area contributed by atoms with Gasteiger partial charge >= 0.3 is 0 Å². The highest BCUT2D eigenvalue weighted by Gasteiger charge is 2.45. The lowest BCUT2D eigenvalue weighted by Crippen LogP contribution is -2.02. The number of nitrogens with zero attached hydrogens (tertiary/aromatic N) is 1. The second-order valence-corrected chi connectivity index (χ2v) is 7.31. The van der Waals surface area contributed by atoms with Crippen LogP contribution in [0.25, 0.3) is 0 Å². The van der Waals surface area contributed by atoms with Gasteiger partial charge in [0.05, 0.1) is 6.07 Å². The molecule has 1 aliphatic heterocycles. The van der Waals surface area contributed by atoms with Crippen molar-refractivity contribution in [3.63, 3.8) is 0 Å². The largest absolute Gasteiger partial charge is 0.193 e. The Hall–Kier alpha value is -0.680. The van der Waals surface area contributed by atoms with E-state index < -0.39 is 0 Å². The van der Waals surface area contributed by atoms with Gasteiger partial charge in [0, 0.05) is 16.1 Å². The van der Waals surface area contributed by atoms with Gasteiger partial charge in [-0.25, -0.2) is 0 Å². The summed E-state index contributed by atoms with van der Waals surface area (Å²) in [6.07, 6.45) is 8.59. The highest BCUT2D eigenvalue weighted by atomic mass is 32.2. The molecule has 0 aromatic rings. The fraction of sp³-hybridized carbons (Fsp3) is 0.667. The predicted molar refractivity (Wildman–Crippen MR) is 77.1 cm³/mol. The maximum absolute atomic E-state index is 8.50. The highest BCUT2D eigenvalue weighted by molar-refractivity contribution is 8.08. The van der Waals surface area contributed by atoms with Crippen LogP contribution in [0.4, 0.5) is 0 Å². The Morgan fingerprint density at radius 2 is 1.94 bits per heavy atom. The van der Waals surface area contributed by atoms with Crippen molar-refractivity contribution in [1.29, 1.82) is 5.26 Å². The highest BCUT2D eigenvalue weighted by Crippen LogP contribution is 2.55. The average molecular weight is 249 g/mol. The number of rotatable bonds is 6. The Balaban J connectivity index is 2.17. The molecule has 1 atom stereocenters. The Bertz CT molecular complexity index is 358. The molecule has 0 aliphatic carbocycles. The van der Waals surface area contributed by atoms with Gasteiger partial charge in [0.1, 0.15) is 0 Å². The molecule has 17 heavy (non-hydrogen) atoms. The Morgan fingerprint density at radius 1 is 1.29 bits per heavy atom. The summed E-state index contributed by atoms with van der Waals surface area (Å²) in [7, 11) is 0. The van der Waals surface area contributed by atoms with E-state index in [1.54, 1.807) is 6.08 Å². The van der Waals surface area contributed by atoms with Gasteiger partial charge in [-0.2, -0.15) is 5.26 Å². The molecule has 0 aromatic carbocycles. The van der Waals surface area contributed by atoms with Crippen molar-refractivity contribution in [2.24, 2.45) is 0 Å². The fourth-order valence-electron chi connectivity index (χ4n) is 1.93. The van der Waals surface area contributed by atoms with Crippen molar-refractivity contribution in [2.45, 2.75) is 63.4 Å². The average Bonchev–Trinajstić information content (AvgIpc) is 2.84. The molecule has 2 heteroatoms. The first kappa shape index (κ1) is 14.4. The molecule has 1 rings (SSSR count). The monoisotopic (exact) mass is 249 g/mol. The third-order valence-corrected chi connectivity index (χ3v) is 5.06. The Labute approximate surface area is 110 Å². The van der Waals surface area contributed by atoms with E-state index in [1.807, 2.05) is 6.92 Å². The lowest BCUT2D eigenvalue weighted by atomic mass is 10.0. The molecular weight excluding hydrogens is 226 g/mol. The smallest absolute Gasteiger partial charge is 0.0911 e. The number of hydrogen-bond donors (Lipinski definition) is 0. The molecule has 0 amide bonds. The van der Waals surface area contributed by atoms with E-state index in [0.717, 1.165) is 18.1 Å². The molecule has 0 N–H and O–H groups in total. The Morgan fingerprint density at radius 3 is 2.47 bits per heavy atom. The summed E-state index contributed by atoms with van der Waals surface area (Å²) >= 11 is 2.10. The fourth-order valence-corrected chi connectivity index (χ4v) is 2.95. The molecule has 0 spiro atoms. The maximum atomic E-state index is 8.50. The van der Waals surface area contributed by atoms with E-state index in [4.69, 9.17) is 5.26 Å². The Kier molecular flexibility index (Phi) is 5.33. The van der Waals surface area contributed by atoms with Crippen LogP contribution >= 0.6 is 11.8 Å². The minimum Gasteiger partial charge on any atom is -0.193 e. The van der Waals surface area contributed by atoms with Crippen LogP contribution in [0.5, 0.6) is 0 Å². The molecule has 0 saturated carbocycles. The predicted octanol–water partition coefficient (Wildman–Crippen LogP) is 4.86. The van der Waals surface area contributed by atoms with Crippen LogP contribution in [-0.2, 0) is 0 Å². The molecule has 1 heterocycles. The summed E-state index contributed by atoms with van der Waals surface area (Å²) in [5.74, 6) is 0. The summed E-state index contributed by atoms with van der Waals surface area (Å²) in [6, 6.07) is 2.08. The molecule has 0 aromatic heterocycles. The van der Waals surface area contributed by atoms with Crippen molar-refractivity contribution >= 4 is 11.8 Å². The van der Waals surface area contributed by atoms with Crippen LogP contribution in [-0.4, -0.2) is 10.00 Å². The molecular formula is C15H23NS. The molecule has 1 unspecified atom stereocenters. The van der Waals surface area contributed by atoms with Crippen LogP contribution in [0, 0.1) is 11.3 Å². The normalized spacial score (nSPS) is 23.4. The van der Waals surface area contributed by atoms with E-state index in [0.29, 0.717) is 4.75 Å². The van der Waals surface area contributed by atoms with Crippen LogP contribution in [0.1, 0.15) is 53.4 Å². The third-order valence-electron chi connectivity index (χ3n) is 3.31. The van der Waals surface area contributed by atoms with Crippen molar-refractivity contribution in [2.75, 3.05) is 0 Å². The zero-order chi connectivity index (χ0) is 12.9. The van der Waals surface area contributed by atoms with E-state index >= 15 is 0 Å². The van der Waals surface area contributed by atoms with Crippen LogP contribution in [0.2, 0.25) is 0 Å². The van der Waals surface area contributed by atoms with Gasteiger partial charge < -0.3 is 0 Å². The number of allylic oxidation sites excluding steroid dienone is 4. The second-order valence-electron chi connectivity index (χ2n) is 5.46. The van der Waals surface area contributed by atoms with E-state index in [1.165, 1.54) is 24.0 Å². The van der Waals surface area contributed by atoms with Crippen molar-refractivity contribution in [3.05, 3.63) is 23.3 Å². The molecule has 1 aliphatic rings. The minimum atomic E-state index is 0.534. The lowest BCUT2D eigenvalue weighted by molar-refractivity contribution is 0.696. The second kappa shape index (κ2) is 6.31.